The lowest BCUT2D eigenvalue weighted by Gasteiger charge is -2.44. The summed E-state index contributed by atoms with van der Waals surface area (Å²) in [5, 5.41) is 1.19. The maximum absolute atomic E-state index is 13.1. The van der Waals surface area contributed by atoms with Gasteiger partial charge in [0.15, 0.2) is 0 Å². The number of carbonyl (C=O) groups excluding carboxylic acids is 1. The van der Waals surface area contributed by atoms with Gasteiger partial charge >= 0.3 is 0 Å². The number of carbonyl (C=O) groups is 1. The Morgan fingerprint density at radius 3 is 2.54 bits per heavy atom. The molecule has 3 heterocycles. The molecule has 0 radical (unpaired) electrons. The minimum absolute atomic E-state index is 0.0307. The van der Waals surface area contributed by atoms with Gasteiger partial charge in [0.1, 0.15) is 5.69 Å². The van der Waals surface area contributed by atoms with Crippen LogP contribution in [0, 0.1) is 5.92 Å². The smallest absolute Gasteiger partial charge is 0.274 e. The molecule has 5 rings (SSSR count). The molecule has 0 spiro atoms. The summed E-state index contributed by atoms with van der Waals surface area (Å²) in [5.74, 6) is 0.415. The Morgan fingerprint density at radius 2 is 1.80 bits per heavy atom. The molecule has 1 aromatic heterocycles. The predicted molar refractivity (Wildman–Crippen MR) is 139 cm³/mol. The summed E-state index contributed by atoms with van der Waals surface area (Å²) in [5.41, 5.74) is 3.17. The van der Waals surface area contributed by atoms with Crippen molar-refractivity contribution < 1.29 is 9.53 Å². The fraction of sp³-hybridized carbons (Fsp3) is 0.444. The largest absolute Gasteiger partial charge is 0.380 e. The van der Waals surface area contributed by atoms with Gasteiger partial charge in [-0.25, -0.2) is 4.98 Å². The number of benzene rings is 2. The number of para-hydroxylation sites is 2. The molecule has 6 nitrogen and oxygen atoms in total. The molecule has 0 N–H and O–H groups in total. The van der Waals surface area contributed by atoms with Crippen LogP contribution in [0.1, 0.15) is 35.3 Å². The van der Waals surface area contributed by atoms with Crippen LogP contribution in [-0.4, -0.2) is 71.1 Å². The molecular formula is C27H30Cl2N4O2. The summed E-state index contributed by atoms with van der Waals surface area (Å²) in [4.78, 5) is 26.5. The summed E-state index contributed by atoms with van der Waals surface area (Å²) in [6.45, 7) is 3.43. The van der Waals surface area contributed by atoms with Gasteiger partial charge in [-0.1, -0.05) is 41.4 Å². The number of fused-ring (bicyclic) bond motifs is 1. The van der Waals surface area contributed by atoms with Gasteiger partial charge in [0.05, 0.1) is 33.4 Å². The molecule has 0 unspecified atom stereocenters. The van der Waals surface area contributed by atoms with Crippen molar-refractivity contribution in [1.82, 2.24) is 19.8 Å². The lowest BCUT2D eigenvalue weighted by molar-refractivity contribution is -0.0326. The van der Waals surface area contributed by atoms with Crippen LogP contribution in [0.4, 0.5) is 0 Å². The topological polar surface area (TPSA) is 58.6 Å². The number of hydrogen-bond donors (Lipinski definition) is 0. The van der Waals surface area contributed by atoms with Gasteiger partial charge in [0.2, 0.25) is 0 Å². The summed E-state index contributed by atoms with van der Waals surface area (Å²) < 4.78 is 5.92. The van der Waals surface area contributed by atoms with Crippen molar-refractivity contribution in [3.8, 4) is 0 Å². The first-order chi connectivity index (χ1) is 17.0. The van der Waals surface area contributed by atoms with Gasteiger partial charge in [-0.05, 0) is 68.0 Å². The minimum atomic E-state index is -0.0307. The van der Waals surface area contributed by atoms with E-state index < -0.39 is 0 Å². The van der Waals surface area contributed by atoms with E-state index >= 15 is 0 Å². The van der Waals surface area contributed by atoms with E-state index in [-0.39, 0.29) is 12.0 Å². The van der Waals surface area contributed by atoms with E-state index in [0.29, 0.717) is 27.7 Å². The number of rotatable bonds is 5. The van der Waals surface area contributed by atoms with Gasteiger partial charge in [-0.3, -0.25) is 14.7 Å². The Kier molecular flexibility index (Phi) is 7.54. The van der Waals surface area contributed by atoms with Crippen LogP contribution in [0.15, 0.2) is 48.7 Å². The van der Waals surface area contributed by atoms with E-state index in [1.165, 1.54) is 5.56 Å². The predicted octanol–water partition coefficient (Wildman–Crippen LogP) is 5.12. The van der Waals surface area contributed by atoms with E-state index in [9.17, 15) is 4.79 Å². The van der Waals surface area contributed by atoms with Crippen LogP contribution in [0.5, 0.6) is 0 Å². The van der Waals surface area contributed by atoms with Crippen molar-refractivity contribution in [2.75, 3.05) is 33.3 Å². The Morgan fingerprint density at radius 1 is 1.03 bits per heavy atom. The number of aromatic nitrogens is 2. The first-order valence-electron chi connectivity index (χ1n) is 12.2. The van der Waals surface area contributed by atoms with Gasteiger partial charge in [-0.15, -0.1) is 0 Å². The molecule has 2 atom stereocenters. The van der Waals surface area contributed by atoms with Crippen molar-refractivity contribution >= 4 is 40.1 Å². The number of nitrogens with zero attached hydrogens (tertiary/aromatic N) is 4. The molecule has 184 valence electrons. The highest BCUT2D eigenvalue weighted by Crippen LogP contribution is 2.30. The monoisotopic (exact) mass is 512 g/mol. The number of piperidine rings is 2. The molecule has 2 saturated heterocycles. The third kappa shape index (κ3) is 5.46. The summed E-state index contributed by atoms with van der Waals surface area (Å²) in [7, 11) is 1.81. The zero-order valence-corrected chi connectivity index (χ0v) is 21.4. The van der Waals surface area contributed by atoms with Crippen LogP contribution in [0.2, 0.25) is 10.0 Å². The number of ether oxygens (including phenoxy) is 1. The van der Waals surface area contributed by atoms with Crippen molar-refractivity contribution in [3.05, 3.63) is 70.0 Å². The molecule has 0 saturated carbocycles. The fourth-order valence-electron chi connectivity index (χ4n) is 5.45. The number of hydrogen-bond acceptors (Lipinski definition) is 5. The second-order valence-electron chi connectivity index (χ2n) is 9.54. The molecule has 1 amide bonds. The average molecular weight is 513 g/mol. The third-order valence-corrected chi connectivity index (χ3v) is 8.19. The number of likely N-dealkylation sites (tertiary alicyclic amines) is 2. The van der Waals surface area contributed by atoms with Crippen molar-refractivity contribution in [2.45, 2.75) is 37.8 Å². The maximum Gasteiger partial charge on any atom is 0.274 e. The minimum Gasteiger partial charge on any atom is -0.380 e. The number of halogens is 2. The van der Waals surface area contributed by atoms with E-state index in [4.69, 9.17) is 27.9 Å². The maximum atomic E-state index is 13.1. The fourth-order valence-corrected chi connectivity index (χ4v) is 5.77. The van der Waals surface area contributed by atoms with Crippen LogP contribution in [0.25, 0.3) is 11.0 Å². The van der Waals surface area contributed by atoms with Crippen LogP contribution >= 0.6 is 23.2 Å². The lowest BCUT2D eigenvalue weighted by Crippen LogP contribution is -2.53. The first kappa shape index (κ1) is 24.4. The molecule has 2 fully saturated rings. The van der Waals surface area contributed by atoms with Crippen molar-refractivity contribution in [1.29, 1.82) is 0 Å². The molecule has 2 aromatic carbocycles. The molecular weight excluding hydrogens is 483 g/mol. The Hall–Kier alpha value is -2.25. The quantitative estimate of drug-likeness (QED) is 0.474. The molecule has 35 heavy (non-hydrogen) atoms. The zero-order valence-electron chi connectivity index (χ0n) is 19.9. The summed E-state index contributed by atoms with van der Waals surface area (Å²) in [6.07, 6.45) is 5.69. The highest BCUT2D eigenvalue weighted by molar-refractivity contribution is 6.42. The molecule has 3 aromatic rings. The molecule has 0 bridgehead atoms. The highest BCUT2D eigenvalue weighted by Gasteiger charge is 2.35. The molecule has 2 aliphatic rings. The standard InChI is InChI=1S/C27H30Cl2N4O2/c1-35-26-17-33(11-8-19(26)14-18-6-7-21(28)22(29)15-18)20-9-12-32(13-10-20)27(34)25-16-30-23-4-2-3-5-24(23)31-25/h2-7,15-16,19-20,26H,8-14,17H2,1H3/t19-,26-/m1/s1. The summed E-state index contributed by atoms with van der Waals surface area (Å²) >= 11 is 12.3. The number of amides is 1. The first-order valence-corrected chi connectivity index (χ1v) is 13.0. The second kappa shape index (κ2) is 10.8. The summed E-state index contributed by atoms with van der Waals surface area (Å²) in [6, 6.07) is 14.0. The van der Waals surface area contributed by atoms with Gasteiger partial charge in [0, 0.05) is 32.8 Å². The Labute approximate surface area is 216 Å². The van der Waals surface area contributed by atoms with Crippen LogP contribution in [0.3, 0.4) is 0 Å². The third-order valence-electron chi connectivity index (χ3n) is 7.45. The second-order valence-corrected chi connectivity index (χ2v) is 10.4. The highest BCUT2D eigenvalue weighted by atomic mass is 35.5. The normalized spacial score (nSPS) is 22.0. The molecule has 2 aliphatic heterocycles. The van der Waals surface area contributed by atoms with E-state index in [1.54, 1.807) is 6.20 Å². The zero-order chi connectivity index (χ0) is 24.4. The van der Waals surface area contributed by atoms with Gasteiger partial charge in [-0.2, -0.15) is 0 Å². The average Bonchev–Trinajstić information content (AvgIpc) is 2.90. The van der Waals surface area contributed by atoms with Crippen molar-refractivity contribution in [3.63, 3.8) is 0 Å². The Balaban J connectivity index is 1.16. The van der Waals surface area contributed by atoms with Crippen LogP contribution in [-0.2, 0) is 11.2 Å². The van der Waals surface area contributed by atoms with Gasteiger partial charge < -0.3 is 9.64 Å². The number of methoxy groups -OCH3 is 1. The Bertz CT molecular complexity index is 1200. The van der Waals surface area contributed by atoms with E-state index in [0.717, 1.165) is 62.9 Å². The van der Waals surface area contributed by atoms with Crippen LogP contribution < -0.4 is 0 Å². The van der Waals surface area contributed by atoms with E-state index in [2.05, 4.69) is 20.9 Å². The van der Waals surface area contributed by atoms with E-state index in [1.807, 2.05) is 48.4 Å². The molecule has 0 aliphatic carbocycles. The SMILES string of the molecule is CO[C@@H]1CN(C2CCN(C(=O)c3cnc4ccccc4n3)CC2)CC[C@@H]1Cc1ccc(Cl)c(Cl)c1. The van der Waals surface area contributed by atoms with Crippen molar-refractivity contribution in [2.24, 2.45) is 5.92 Å². The van der Waals surface area contributed by atoms with Gasteiger partial charge in [0.25, 0.3) is 5.91 Å². The lowest BCUT2D eigenvalue weighted by atomic mass is 9.86. The molecule has 8 heteroatoms.